The molecule has 2 aliphatic rings. The molecule has 28 N–H and O–H groups in total. The molecule has 40 nitrogen and oxygen atoms in total. The van der Waals surface area contributed by atoms with Crippen LogP contribution in [-0.2, 0) is 54.1 Å². The summed E-state index contributed by atoms with van der Waals surface area (Å²) >= 11 is 2.50. The highest BCUT2D eigenvalue weighted by Gasteiger charge is 2.54. The van der Waals surface area contributed by atoms with E-state index in [1.165, 1.54) is 50.4 Å². The molecule has 8 amide bonds. The number of imidazole rings is 1. The van der Waals surface area contributed by atoms with Gasteiger partial charge in [-0.2, -0.15) is 0 Å². The van der Waals surface area contributed by atoms with Gasteiger partial charge >= 0.3 is 6.09 Å². The van der Waals surface area contributed by atoms with E-state index in [9.17, 15) is 74.4 Å². The number of hydrogen-bond acceptors (Lipinski definition) is 33. The van der Waals surface area contributed by atoms with Crippen LogP contribution in [0.15, 0.2) is 23.3 Å². The molecule has 0 radical (unpaired) electrons. The quantitative estimate of drug-likeness (QED) is 0.0185. The number of aromatic amines is 1. The molecule has 19 atom stereocenters. The van der Waals surface area contributed by atoms with Crippen LogP contribution in [0.2, 0.25) is 0 Å². The molecule has 0 spiro atoms. The average Bonchev–Trinajstić information content (AvgIpc) is 0.853. The number of nitrogen functional groups attached to an aromatic ring is 1. The topological polar surface area (TPSA) is 665 Å². The van der Waals surface area contributed by atoms with E-state index in [-0.39, 0.29) is 66.4 Å². The standard InChI is InChI=1S/C57H89N19O21S2.ClH/c1-22-35(73-48(76-46(22)61)27(14-33(60)80)68-15-26(59)47(62)86)52(90)75-37(43(28-16-65-21-69-28)95-56-45(41(84)39(82)31(17-77)94-56)96-55-42(85)44(97-57(63)92)40(83)32(18-78)93-55)53(91)70-24(3)38(81)23(2)49(87)74-36(25(4)79)51(89)67-13-8-34-71-30(20-98-34)54-72-29(19-99-54)50(88)66-12-7-11-64-10-6-5-9-58;/h16,19-21,23-27,31-32,36-45,55-56,64,68,77-79,81-85H,5-15,17-18,58-59H2,1-4H3,(H2,60,80)(H2,62,86)(H2,63,92)(H,65,69)(H,66,88)(H,67,89)(H,70,91)(H,74,87)(H,75,90)(H2,61,73,76);1H/t23-,24+,25+,26-,27-,31-,32+,36-,37-,38-,39+,40+,41-,42-,43-,44-,45-,55-,56-;/m0./s1. The molecule has 0 saturated carbocycles. The summed E-state index contributed by atoms with van der Waals surface area (Å²) in [7, 11) is 0. The number of primary amides is 3. The van der Waals surface area contributed by atoms with E-state index in [0.29, 0.717) is 28.8 Å². The van der Waals surface area contributed by atoms with E-state index in [4.69, 9.17) is 58.1 Å². The molecule has 558 valence electrons. The van der Waals surface area contributed by atoms with E-state index in [1.807, 2.05) is 0 Å². The summed E-state index contributed by atoms with van der Waals surface area (Å²) in [4.78, 5) is 131. The number of unbranched alkanes of at least 4 members (excludes halogenated alkanes) is 1. The Bertz CT molecular complexity index is 3330. The fraction of sp³-hybridized carbons (Fsp3) is 0.632. The second-order valence-corrected chi connectivity index (χ2v) is 25.2. The van der Waals surface area contributed by atoms with Gasteiger partial charge in [-0.05, 0) is 59.7 Å². The Balaban J connectivity index is 0.0000180. The number of hydrogen-bond donors (Lipinski definition) is 22. The van der Waals surface area contributed by atoms with Crippen molar-refractivity contribution in [1.29, 1.82) is 0 Å². The number of nitrogens with one attached hydrogen (secondary N) is 8. The Labute approximate surface area is 585 Å². The lowest BCUT2D eigenvalue weighted by Gasteiger charge is -2.47. The first-order valence-electron chi connectivity index (χ1n) is 31.4. The third-order valence-corrected chi connectivity index (χ3v) is 17.7. The van der Waals surface area contributed by atoms with Gasteiger partial charge in [0.25, 0.3) is 11.8 Å². The minimum Gasteiger partial charge on any atom is -0.441 e. The van der Waals surface area contributed by atoms with Crippen LogP contribution in [0.4, 0.5) is 10.6 Å². The molecule has 6 heterocycles. The molecule has 43 heteroatoms. The van der Waals surface area contributed by atoms with Gasteiger partial charge in [0.05, 0.1) is 72.7 Å². The number of nitrogens with zero attached hydrogens (tertiary/aromatic N) is 5. The first-order chi connectivity index (χ1) is 47.0. The summed E-state index contributed by atoms with van der Waals surface area (Å²) in [6, 6.07) is -7.87. The lowest BCUT2D eigenvalue weighted by Crippen LogP contribution is -2.65. The van der Waals surface area contributed by atoms with Crippen molar-refractivity contribution in [3.05, 3.63) is 56.8 Å². The molecule has 2 aliphatic heterocycles. The number of aromatic nitrogens is 6. The third kappa shape index (κ3) is 22.8. The van der Waals surface area contributed by atoms with Crippen LogP contribution >= 0.6 is 35.1 Å². The van der Waals surface area contributed by atoms with Gasteiger partial charge in [-0.1, -0.05) is 6.92 Å². The summed E-state index contributed by atoms with van der Waals surface area (Å²) in [5, 5.41) is 111. The fourth-order valence-corrected chi connectivity index (χ4v) is 11.8. The van der Waals surface area contributed by atoms with Crippen molar-refractivity contribution in [3.8, 4) is 10.7 Å². The molecule has 0 bridgehead atoms. The first kappa shape index (κ1) is 83.2. The highest BCUT2D eigenvalue weighted by atomic mass is 35.5. The number of nitrogens with two attached hydrogens (primary N) is 6. The van der Waals surface area contributed by atoms with Crippen molar-refractivity contribution < 1.29 is 103 Å². The van der Waals surface area contributed by atoms with E-state index in [1.54, 1.807) is 10.8 Å². The van der Waals surface area contributed by atoms with Gasteiger partial charge in [-0.15, -0.1) is 35.1 Å². The van der Waals surface area contributed by atoms with Gasteiger partial charge in [0, 0.05) is 48.8 Å². The van der Waals surface area contributed by atoms with Crippen molar-refractivity contribution >= 4 is 88.3 Å². The maximum Gasteiger partial charge on any atom is 0.404 e. The molecule has 0 unspecified atom stereocenters. The second kappa shape index (κ2) is 39.7. The fourth-order valence-electron chi connectivity index (χ4n) is 10.2. The number of thiazole rings is 2. The Hall–Kier alpha value is -7.44. The second-order valence-electron chi connectivity index (χ2n) is 23.4. The zero-order chi connectivity index (χ0) is 72.9. The molecule has 0 aromatic carbocycles. The predicted octanol–water partition coefficient (Wildman–Crippen LogP) is -7.83. The largest absolute Gasteiger partial charge is 0.441 e. The van der Waals surface area contributed by atoms with Gasteiger partial charge in [0.15, 0.2) is 18.7 Å². The lowest BCUT2D eigenvalue weighted by atomic mass is 9.96. The first-order valence-corrected chi connectivity index (χ1v) is 33.1. The number of rotatable bonds is 39. The zero-order valence-electron chi connectivity index (χ0n) is 54.8. The number of aliphatic hydroxyl groups excluding tert-OH is 8. The SMILES string of the molecule is Cc1c(N)nc([C@H](CC(N)=O)NC[C@H](N)C(N)=O)nc1C(=O)N[C@H](C(=O)N[C@H](C)[C@@H](O)[C@H](C)C(=O)N[C@H](C(=O)NCCc1nc(-c2nc(C(=O)NCCCNCCCCN)cs2)cs1)[C@@H](C)O)[C@@H](O[C@@H]1O[C@@H](CO)[C@@H](O)[C@H](O)[C@@H]1O[C@@H]1O[C@H](CO)[C@@H](O)[C@H](OC(N)=O)[C@@H]1O)c1cnc[nH]1.Cl. The van der Waals surface area contributed by atoms with Crippen molar-refractivity contribution in [2.75, 3.05) is 58.2 Å². The van der Waals surface area contributed by atoms with Crippen molar-refractivity contribution in [3.63, 3.8) is 0 Å². The molecule has 2 fully saturated rings. The molecule has 100 heavy (non-hydrogen) atoms. The molecule has 2 saturated heterocycles. The van der Waals surface area contributed by atoms with Crippen molar-refractivity contribution in [2.24, 2.45) is 34.6 Å². The number of H-pyrrole nitrogens is 1. The molecule has 6 rings (SSSR count). The van der Waals surface area contributed by atoms with E-state index in [2.05, 4.69) is 67.1 Å². The Morgan fingerprint density at radius 1 is 0.750 bits per heavy atom. The van der Waals surface area contributed by atoms with Gasteiger partial charge in [0.2, 0.25) is 29.5 Å². The minimum absolute atomic E-state index is 0. The van der Waals surface area contributed by atoms with Gasteiger partial charge in [0.1, 0.15) is 94.6 Å². The number of carbonyl (C=O) groups is 8. The smallest absolute Gasteiger partial charge is 0.404 e. The highest BCUT2D eigenvalue weighted by molar-refractivity contribution is 7.14. The number of carbonyl (C=O) groups excluding carboxylic acids is 8. The maximum atomic E-state index is 15.2. The summed E-state index contributed by atoms with van der Waals surface area (Å²) in [5.74, 6) is -8.74. The number of aliphatic hydroxyl groups is 8. The van der Waals surface area contributed by atoms with E-state index in [0.717, 1.165) is 44.9 Å². The molecule has 0 aliphatic carbocycles. The summed E-state index contributed by atoms with van der Waals surface area (Å²) < 4.78 is 28.7. The van der Waals surface area contributed by atoms with Crippen LogP contribution in [-0.4, -0.2) is 268 Å². The summed E-state index contributed by atoms with van der Waals surface area (Å²) in [5.41, 5.74) is 33.6. The minimum atomic E-state index is -2.20. The Kier molecular flexibility index (Phi) is 33.0. The van der Waals surface area contributed by atoms with Crippen LogP contribution in [0.5, 0.6) is 0 Å². The van der Waals surface area contributed by atoms with Gasteiger partial charge < -0.3 is 141 Å². The average molecular weight is 1480 g/mol. The normalized spacial score (nSPS) is 23.3. The molecular formula is C57H90ClN19O21S2. The Morgan fingerprint density at radius 3 is 2.08 bits per heavy atom. The summed E-state index contributed by atoms with van der Waals surface area (Å²) in [6.07, 6.45) is -22.5. The van der Waals surface area contributed by atoms with Crippen LogP contribution in [0.1, 0.15) is 102 Å². The predicted molar refractivity (Wildman–Crippen MR) is 353 cm³/mol. The van der Waals surface area contributed by atoms with Crippen molar-refractivity contribution in [2.45, 2.75) is 170 Å². The monoisotopic (exact) mass is 1480 g/mol. The van der Waals surface area contributed by atoms with Crippen LogP contribution in [0, 0.1) is 12.8 Å². The molecular weight excluding hydrogens is 1390 g/mol. The van der Waals surface area contributed by atoms with E-state index >= 15 is 4.79 Å². The van der Waals surface area contributed by atoms with Crippen molar-refractivity contribution in [1.82, 2.24) is 67.1 Å². The van der Waals surface area contributed by atoms with Gasteiger partial charge in [-0.25, -0.2) is 29.7 Å². The zero-order valence-corrected chi connectivity index (χ0v) is 57.2. The number of halogens is 1. The molecule has 4 aromatic rings. The van der Waals surface area contributed by atoms with E-state index < -0.39 is 183 Å². The number of anilines is 1. The Morgan fingerprint density at radius 2 is 1.44 bits per heavy atom. The van der Waals surface area contributed by atoms with Crippen LogP contribution in [0.25, 0.3) is 10.7 Å². The third-order valence-electron chi connectivity index (χ3n) is 15.9. The molecule has 4 aromatic heterocycles. The highest BCUT2D eigenvalue weighted by Crippen LogP contribution is 2.35. The van der Waals surface area contributed by atoms with Crippen LogP contribution in [0.3, 0.4) is 0 Å². The number of ether oxygens (including phenoxy) is 5. The summed E-state index contributed by atoms with van der Waals surface area (Å²) in [6.45, 7) is 5.29. The number of amides is 8. The van der Waals surface area contributed by atoms with Crippen LogP contribution < -0.4 is 71.6 Å². The van der Waals surface area contributed by atoms with Gasteiger partial charge in [-0.3, -0.25) is 33.6 Å². The lowest BCUT2D eigenvalue weighted by molar-refractivity contribution is -0.372. The maximum absolute atomic E-state index is 15.2.